The monoisotopic (exact) mass is 249 g/mol. The van der Waals surface area contributed by atoms with Gasteiger partial charge in [-0.05, 0) is 24.1 Å². The third kappa shape index (κ3) is 3.55. The van der Waals surface area contributed by atoms with Gasteiger partial charge in [0.15, 0.2) is 0 Å². The van der Waals surface area contributed by atoms with Crippen molar-refractivity contribution in [3.63, 3.8) is 0 Å². The molecule has 0 bridgehead atoms. The summed E-state index contributed by atoms with van der Waals surface area (Å²) in [7, 11) is 1.41. The van der Waals surface area contributed by atoms with Gasteiger partial charge in [-0.1, -0.05) is 24.3 Å². The SMILES string of the molecule is COC(=O)Cc1ccccc1COC1CCNC1. The van der Waals surface area contributed by atoms with E-state index in [1.807, 2.05) is 24.3 Å². The molecule has 4 heteroatoms. The average molecular weight is 249 g/mol. The van der Waals surface area contributed by atoms with Crippen LogP contribution < -0.4 is 5.32 Å². The molecule has 2 rings (SSSR count). The first kappa shape index (κ1) is 13.1. The van der Waals surface area contributed by atoms with Gasteiger partial charge in [0.25, 0.3) is 0 Å². The van der Waals surface area contributed by atoms with Crippen LogP contribution in [0.2, 0.25) is 0 Å². The molecule has 4 nitrogen and oxygen atoms in total. The van der Waals surface area contributed by atoms with Gasteiger partial charge in [0.1, 0.15) is 0 Å². The van der Waals surface area contributed by atoms with Crippen LogP contribution >= 0.6 is 0 Å². The number of benzene rings is 1. The van der Waals surface area contributed by atoms with Gasteiger partial charge in [-0.25, -0.2) is 0 Å². The van der Waals surface area contributed by atoms with Crippen molar-refractivity contribution in [1.29, 1.82) is 0 Å². The molecule has 1 aromatic carbocycles. The van der Waals surface area contributed by atoms with Crippen molar-refractivity contribution in [2.24, 2.45) is 0 Å². The normalized spacial score (nSPS) is 18.8. The highest BCUT2D eigenvalue weighted by Crippen LogP contribution is 2.14. The van der Waals surface area contributed by atoms with Crippen molar-refractivity contribution >= 4 is 5.97 Å². The molecule has 0 saturated carbocycles. The topological polar surface area (TPSA) is 47.6 Å². The lowest BCUT2D eigenvalue weighted by Gasteiger charge is -2.13. The van der Waals surface area contributed by atoms with Crippen LogP contribution in [0.3, 0.4) is 0 Å². The van der Waals surface area contributed by atoms with Gasteiger partial charge in [-0.15, -0.1) is 0 Å². The van der Waals surface area contributed by atoms with Crippen LogP contribution in [0, 0.1) is 0 Å². The quantitative estimate of drug-likeness (QED) is 0.799. The van der Waals surface area contributed by atoms with Gasteiger partial charge in [0, 0.05) is 6.54 Å². The van der Waals surface area contributed by atoms with Crippen LogP contribution in [-0.2, 0) is 27.3 Å². The molecular formula is C14H19NO3. The summed E-state index contributed by atoms with van der Waals surface area (Å²) in [5, 5.41) is 3.27. The van der Waals surface area contributed by atoms with Gasteiger partial charge in [-0.2, -0.15) is 0 Å². The zero-order chi connectivity index (χ0) is 12.8. The predicted molar refractivity (Wildman–Crippen MR) is 68.2 cm³/mol. The fourth-order valence-electron chi connectivity index (χ4n) is 2.08. The number of carbonyl (C=O) groups is 1. The minimum absolute atomic E-state index is 0.218. The maximum atomic E-state index is 11.3. The van der Waals surface area contributed by atoms with Crippen molar-refractivity contribution in [3.8, 4) is 0 Å². The minimum atomic E-state index is -0.218. The molecule has 1 saturated heterocycles. The molecule has 1 heterocycles. The van der Waals surface area contributed by atoms with Crippen molar-refractivity contribution in [3.05, 3.63) is 35.4 Å². The maximum absolute atomic E-state index is 11.3. The molecule has 0 amide bonds. The molecular weight excluding hydrogens is 230 g/mol. The largest absolute Gasteiger partial charge is 0.469 e. The Labute approximate surface area is 107 Å². The van der Waals surface area contributed by atoms with Crippen LogP contribution in [0.4, 0.5) is 0 Å². The lowest BCUT2D eigenvalue weighted by molar-refractivity contribution is -0.139. The highest BCUT2D eigenvalue weighted by Gasteiger charge is 2.15. The predicted octanol–water partition coefficient (Wildman–Crippen LogP) is 1.28. The maximum Gasteiger partial charge on any atom is 0.309 e. The zero-order valence-electron chi connectivity index (χ0n) is 10.6. The van der Waals surface area contributed by atoms with Crippen LogP contribution in [-0.4, -0.2) is 32.3 Å². The van der Waals surface area contributed by atoms with E-state index >= 15 is 0 Å². The van der Waals surface area contributed by atoms with E-state index < -0.39 is 0 Å². The van der Waals surface area contributed by atoms with Gasteiger partial charge < -0.3 is 14.8 Å². The summed E-state index contributed by atoms with van der Waals surface area (Å²) in [5.41, 5.74) is 2.05. The molecule has 0 spiro atoms. The first-order chi connectivity index (χ1) is 8.79. The highest BCUT2D eigenvalue weighted by atomic mass is 16.5. The Bertz CT molecular complexity index is 400. The molecule has 1 N–H and O–H groups in total. The molecule has 98 valence electrons. The van der Waals surface area contributed by atoms with Gasteiger partial charge in [0.05, 0.1) is 26.2 Å². The molecule has 0 radical (unpaired) electrons. The Kier molecular flexibility index (Phi) is 4.73. The summed E-state index contributed by atoms with van der Waals surface area (Å²) in [6.45, 7) is 2.49. The standard InChI is InChI=1S/C14H19NO3/c1-17-14(16)8-11-4-2-3-5-12(11)10-18-13-6-7-15-9-13/h2-5,13,15H,6-10H2,1H3. The second-order valence-corrected chi connectivity index (χ2v) is 4.45. The third-order valence-corrected chi connectivity index (χ3v) is 3.17. The second-order valence-electron chi connectivity index (χ2n) is 4.45. The van der Waals surface area contributed by atoms with E-state index in [-0.39, 0.29) is 12.1 Å². The van der Waals surface area contributed by atoms with Gasteiger partial charge >= 0.3 is 5.97 Å². The number of carbonyl (C=O) groups excluding carboxylic acids is 1. The molecule has 0 aromatic heterocycles. The summed E-state index contributed by atoms with van der Waals surface area (Å²) in [4.78, 5) is 11.3. The Hall–Kier alpha value is -1.39. The third-order valence-electron chi connectivity index (χ3n) is 3.17. The Balaban J connectivity index is 1.95. The van der Waals surface area contributed by atoms with E-state index in [1.165, 1.54) is 7.11 Å². The molecule has 1 aliphatic rings. The fraction of sp³-hybridized carbons (Fsp3) is 0.500. The second kappa shape index (κ2) is 6.52. The summed E-state index contributed by atoms with van der Waals surface area (Å²) >= 11 is 0. The number of ether oxygens (including phenoxy) is 2. The van der Waals surface area contributed by atoms with E-state index in [9.17, 15) is 4.79 Å². The van der Waals surface area contributed by atoms with Crippen molar-refractivity contribution in [1.82, 2.24) is 5.32 Å². The van der Waals surface area contributed by atoms with Crippen molar-refractivity contribution in [2.75, 3.05) is 20.2 Å². The Morgan fingerprint density at radius 1 is 1.39 bits per heavy atom. The molecule has 1 atom stereocenters. The number of nitrogens with one attached hydrogen (secondary N) is 1. The number of hydrogen-bond donors (Lipinski definition) is 1. The molecule has 1 unspecified atom stereocenters. The number of rotatable bonds is 5. The summed E-state index contributed by atoms with van der Waals surface area (Å²) in [5.74, 6) is -0.218. The van der Waals surface area contributed by atoms with Crippen molar-refractivity contribution in [2.45, 2.75) is 25.6 Å². The van der Waals surface area contributed by atoms with E-state index in [1.54, 1.807) is 0 Å². The summed E-state index contributed by atoms with van der Waals surface area (Å²) < 4.78 is 10.5. The summed E-state index contributed by atoms with van der Waals surface area (Å²) in [6, 6.07) is 7.84. The van der Waals surface area contributed by atoms with Crippen LogP contribution in [0.25, 0.3) is 0 Å². The fourth-order valence-corrected chi connectivity index (χ4v) is 2.08. The lowest BCUT2D eigenvalue weighted by Crippen LogP contribution is -2.17. The molecule has 1 aromatic rings. The molecule has 1 aliphatic heterocycles. The number of methoxy groups -OCH3 is 1. The van der Waals surface area contributed by atoms with E-state index in [0.717, 1.165) is 30.6 Å². The first-order valence-electron chi connectivity index (χ1n) is 6.25. The van der Waals surface area contributed by atoms with Crippen LogP contribution in [0.1, 0.15) is 17.5 Å². The number of esters is 1. The van der Waals surface area contributed by atoms with Crippen LogP contribution in [0.5, 0.6) is 0 Å². The molecule has 0 aliphatic carbocycles. The highest BCUT2D eigenvalue weighted by molar-refractivity contribution is 5.72. The first-order valence-corrected chi connectivity index (χ1v) is 6.25. The van der Waals surface area contributed by atoms with Crippen LogP contribution in [0.15, 0.2) is 24.3 Å². The van der Waals surface area contributed by atoms with Crippen molar-refractivity contribution < 1.29 is 14.3 Å². The summed E-state index contributed by atoms with van der Waals surface area (Å²) in [6.07, 6.45) is 1.65. The molecule has 1 fully saturated rings. The van der Waals surface area contributed by atoms with E-state index in [0.29, 0.717) is 13.0 Å². The Morgan fingerprint density at radius 3 is 2.83 bits per heavy atom. The smallest absolute Gasteiger partial charge is 0.309 e. The molecule has 18 heavy (non-hydrogen) atoms. The van der Waals surface area contributed by atoms with Gasteiger partial charge in [0.2, 0.25) is 0 Å². The minimum Gasteiger partial charge on any atom is -0.469 e. The van der Waals surface area contributed by atoms with Gasteiger partial charge in [-0.3, -0.25) is 4.79 Å². The number of hydrogen-bond acceptors (Lipinski definition) is 4. The lowest BCUT2D eigenvalue weighted by atomic mass is 10.1. The zero-order valence-corrected chi connectivity index (χ0v) is 10.6. The van der Waals surface area contributed by atoms with E-state index in [2.05, 4.69) is 5.32 Å². The van der Waals surface area contributed by atoms with E-state index in [4.69, 9.17) is 9.47 Å². The Morgan fingerprint density at radius 2 is 2.17 bits per heavy atom. The average Bonchev–Trinajstić information content (AvgIpc) is 2.91.